The zero-order chi connectivity index (χ0) is 14.3. The Labute approximate surface area is 115 Å². The van der Waals surface area contributed by atoms with Crippen LogP contribution in [0.15, 0.2) is 24.3 Å². The number of carbonyl (C=O) groups excluding carboxylic acids is 1. The van der Waals surface area contributed by atoms with Crippen molar-refractivity contribution in [2.24, 2.45) is 0 Å². The molecule has 0 spiro atoms. The lowest BCUT2D eigenvalue weighted by Crippen LogP contribution is -2.41. The summed E-state index contributed by atoms with van der Waals surface area (Å²) in [4.78, 5) is 12.0. The molecule has 0 radical (unpaired) electrons. The van der Waals surface area contributed by atoms with Gasteiger partial charge in [-0.3, -0.25) is 4.79 Å². The van der Waals surface area contributed by atoms with Gasteiger partial charge >= 0.3 is 0 Å². The van der Waals surface area contributed by atoms with Gasteiger partial charge in [-0.1, -0.05) is 25.5 Å². The van der Waals surface area contributed by atoms with Crippen molar-refractivity contribution in [1.82, 2.24) is 5.32 Å². The van der Waals surface area contributed by atoms with Gasteiger partial charge in [0.25, 0.3) is 5.91 Å². The second-order valence-corrected chi connectivity index (χ2v) is 4.61. The molecule has 0 aliphatic carbocycles. The molecular formula is C15H23NO3. The molecule has 106 valence electrons. The molecule has 0 unspecified atom stereocenters. The van der Waals surface area contributed by atoms with Gasteiger partial charge < -0.3 is 14.8 Å². The molecule has 19 heavy (non-hydrogen) atoms. The molecule has 0 aliphatic rings. The Morgan fingerprint density at radius 2 is 1.89 bits per heavy atom. The highest BCUT2D eigenvalue weighted by Crippen LogP contribution is 2.26. The van der Waals surface area contributed by atoms with Crippen LogP contribution in [0.3, 0.4) is 0 Å². The monoisotopic (exact) mass is 265 g/mol. The maximum atomic E-state index is 12.0. The first-order chi connectivity index (χ1) is 9.08. The van der Waals surface area contributed by atoms with Crippen molar-refractivity contribution < 1.29 is 14.3 Å². The molecule has 0 fully saturated rings. The second-order valence-electron chi connectivity index (χ2n) is 4.61. The molecule has 0 aliphatic heterocycles. The van der Waals surface area contributed by atoms with Crippen LogP contribution in [0.4, 0.5) is 0 Å². The van der Waals surface area contributed by atoms with Crippen LogP contribution >= 0.6 is 0 Å². The molecule has 1 rings (SSSR count). The molecule has 1 amide bonds. The third-order valence-electron chi connectivity index (χ3n) is 2.85. The second kappa shape index (κ2) is 7.67. The first-order valence-electron chi connectivity index (χ1n) is 6.68. The Hall–Kier alpha value is -1.71. The van der Waals surface area contributed by atoms with Gasteiger partial charge in [0.1, 0.15) is 0 Å². The number of benzene rings is 1. The number of rotatable bonds is 7. The van der Waals surface area contributed by atoms with Gasteiger partial charge in [0.2, 0.25) is 0 Å². The number of hydrogen-bond donors (Lipinski definition) is 1. The zero-order valence-electron chi connectivity index (χ0n) is 12.1. The third-order valence-corrected chi connectivity index (χ3v) is 2.85. The Kier molecular flexibility index (Phi) is 6.19. The minimum atomic E-state index is -0.546. The Morgan fingerprint density at radius 1 is 1.26 bits per heavy atom. The van der Waals surface area contributed by atoms with Gasteiger partial charge in [-0.15, -0.1) is 0 Å². The molecule has 0 saturated carbocycles. The van der Waals surface area contributed by atoms with E-state index in [1.54, 1.807) is 26.2 Å². The molecule has 1 aromatic carbocycles. The Bertz CT molecular complexity index is 406. The first-order valence-corrected chi connectivity index (χ1v) is 6.68. The van der Waals surface area contributed by atoms with Crippen molar-refractivity contribution in [3.05, 3.63) is 24.3 Å². The molecule has 0 saturated heterocycles. The van der Waals surface area contributed by atoms with E-state index in [9.17, 15) is 4.79 Å². The summed E-state index contributed by atoms with van der Waals surface area (Å²) in [6.07, 6.45) is 1.46. The summed E-state index contributed by atoms with van der Waals surface area (Å²) in [6, 6.07) is 7.47. The van der Waals surface area contributed by atoms with E-state index in [1.807, 2.05) is 19.1 Å². The lowest BCUT2D eigenvalue weighted by atomic mass is 10.2. The van der Waals surface area contributed by atoms with Crippen LogP contribution in [0, 0.1) is 0 Å². The van der Waals surface area contributed by atoms with E-state index < -0.39 is 6.10 Å². The maximum Gasteiger partial charge on any atom is 0.260 e. The lowest BCUT2D eigenvalue weighted by Gasteiger charge is -2.19. The predicted molar refractivity (Wildman–Crippen MR) is 75.6 cm³/mol. The summed E-state index contributed by atoms with van der Waals surface area (Å²) in [7, 11) is 1.58. The number of carbonyl (C=O) groups is 1. The predicted octanol–water partition coefficient (Wildman–Crippen LogP) is 2.77. The van der Waals surface area contributed by atoms with Crippen LogP contribution in [0.1, 0.15) is 33.6 Å². The SMILES string of the molecule is CCC[C@H](C)NC(=O)[C@H](C)Oc1ccccc1OC. The van der Waals surface area contributed by atoms with Crippen molar-refractivity contribution in [3.8, 4) is 11.5 Å². The van der Waals surface area contributed by atoms with E-state index in [-0.39, 0.29) is 11.9 Å². The van der Waals surface area contributed by atoms with Crippen LogP contribution in [0.25, 0.3) is 0 Å². The fourth-order valence-corrected chi connectivity index (χ4v) is 1.83. The summed E-state index contributed by atoms with van der Waals surface area (Å²) in [5, 5.41) is 2.93. The van der Waals surface area contributed by atoms with Gasteiger partial charge in [0.05, 0.1) is 7.11 Å². The van der Waals surface area contributed by atoms with Gasteiger partial charge in [0, 0.05) is 6.04 Å². The summed E-state index contributed by atoms with van der Waals surface area (Å²) in [5.74, 6) is 1.10. The normalized spacial score (nSPS) is 13.5. The number of amides is 1. The van der Waals surface area contributed by atoms with E-state index in [1.165, 1.54) is 0 Å². The smallest absolute Gasteiger partial charge is 0.260 e. The van der Waals surface area contributed by atoms with E-state index in [0.717, 1.165) is 12.8 Å². The molecule has 2 atom stereocenters. The van der Waals surface area contributed by atoms with Crippen molar-refractivity contribution in [1.29, 1.82) is 0 Å². The highest BCUT2D eigenvalue weighted by atomic mass is 16.5. The van der Waals surface area contributed by atoms with Crippen molar-refractivity contribution in [3.63, 3.8) is 0 Å². The molecule has 0 heterocycles. The van der Waals surface area contributed by atoms with Crippen LogP contribution in [-0.4, -0.2) is 25.2 Å². The average Bonchev–Trinajstić information content (AvgIpc) is 2.39. The largest absolute Gasteiger partial charge is 0.493 e. The van der Waals surface area contributed by atoms with Crippen LogP contribution in [-0.2, 0) is 4.79 Å². The Morgan fingerprint density at radius 3 is 2.47 bits per heavy atom. The Balaban J connectivity index is 2.58. The average molecular weight is 265 g/mol. The fourth-order valence-electron chi connectivity index (χ4n) is 1.83. The summed E-state index contributed by atoms with van der Waals surface area (Å²) in [5.41, 5.74) is 0. The van der Waals surface area contributed by atoms with E-state index in [0.29, 0.717) is 11.5 Å². The zero-order valence-corrected chi connectivity index (χ0v) is 12.1. The number of ether oxygens (including phenoxy) is 2. The van der Waals surface area contributed by atoms with Crippen LogP contribution in [0.2, 0.25) is 0 Å². The first kappa shape index (κ1) is 15.3. The molecule has 4 heteroatoms. The van der Waals surface area contributed by atoms with E-state index >= 15 is 0 Å². The standard InChI is InChI=1S/C15H23NO3/c1-5-8-11(2)16-15(17)12(3)19-14-10-7-6-9-13(14)18-4/h6-7,9-12H,5,8H2,1-4H3,(H,16,17)/t11-,12-/m0/s1. The summed E-state index contributed by atoms with van der Waals surface area (Å²) < 4.78 is 10.8. The third kappa shape index (κ3) is 4.81. The highest BCUT2D eigenvalue weighted by Gasteiger charge is 2.17. The minimum Gasteiger partial charge on any atom is -0.493 e. The lowest BCUT2D eigenvalue weighted by molar-refractivity contribution is -0.127. The number of nitrogens with one attached hydrogen (secondary N) is 1. The number of hydrogen-bond acceptors (Lipinski definition) is 3. The quantitative estimate of drug-likeness (QED) is 0.824. The summed E-state index contributed by atoms with van der Waals surface area (Å²) in [6.45, 7) is 5.83. The van der Waals surface area contributed by atoms with E-state index in [2.05, 4.69) is 12.2 Å². The molecule has 0 aromatic heterocycles. The van der Waals surface area contributed by atoms with Gasteiger partial charge in [-0.25, -0.2) is 0 Å². The molecule has 0 bridgehead atoms. The van der Waals surface area contributed by atoms with Crippen LogP contribution < -0.4 is 14.8 Å². The topological polar surface area (TPSA) is 47.6 Å². The highest BCUT2D eigenvalue weighted by molar-refractivity contribution is 5.81. The van der Waals surface area contributed by atoms with Crippen molar-refractivity contribution in [2.75, 3.05) is 7.11 Å². The molecular weight excluding hydrogens is 242 g/mol. The fraction of sp³-hybridized carbons (Fsp3) is 0.533. The maximum absolute atomic E-state index is 12.0. The summed E-state index contributed by atoms with van der Waals surface area (Å²) >= 11 is 0. The van der Waals surface area contributed by atoms with Crippen LogP contribution in [0.5, 0.6) is 11.5 Å². The molecule has 4 nitrogen and oxygen atoms in total. The van der Waals surface area contributed by atoms with E-state index in [4.69, 9.17) is 9.47 Å². The van der Waals surface area contributed by atoms with Gasteiger partial charge in [-0.05, 0) is 32.4 Å². The van der Waals surface area contributed by atoms with Crippen molar-refractivity contribution in [2.45, 2.75) is 45.8 Å². The minimum absolute atomic E-state index is 0.105. The van der Waals surface area contributed by atoms with Gasteiger partial charge in [0.15, 0.2) is 17.6 Å². The molecule has 1 N–H and O–H groups in total. The van der Waals surface area contributed by atoms with Gasteiger partial charge in [-0.2, -0.15) is 0 Å². The number of methoxy groups -OCH3 is 1. The van der Waals surface area contributed by atoms with Crippen molar-refractivity contribution >= 4 is 5.91 Å². The molecule has 1 aromatic rings. The number of para-hydroxylation sites is 2.